The van der Waals surface area contributed by atoms with Gasteiger partial charge in [0.05, 0.1) is 12.6 Å². The largest absolute Gasteiger partial charge is 0.376 e. The molecular formula is C27H30N4O3. The Morgan fingerprint density at radius 3 is 2.24 bits per heavy atom. The molecule has 34 heavy (non-hydrogen) atoms. The molecule has 1 unspecified atom stereocenters. The molecule has 0 saturated heterocycles. The molecule has 1 atom stereocenters. The lowest BCUT2D eigenvalue weighted by atomic mass is 10.1. The van der Waals surface area contributed by atoms with Gasteiger partial charge in [-0.05, 0) is 61.4 Å². The molecule has 3 aromatic carbocycles. The summed E-state index contributed by atoms with van der Waals surface area (Å²) in [7, 11) is 0. The number of carbonyl (C=O) groups excluding carboxylic acids is 3. The van der Waals surface area contributed by atoms with Gasteiger partial charge in [0.25, 0.3) is 11.8 Å². The van der Waals surface area contributed by atoms with Gasteiger partial charge < -0.3 is 21.3 Å². The molecular weight excluding hydrogens is 428 g/mol. The zero-order valence-corrected chi connectivity index (χ0v) is 19.4. The van der Waals surface area contributed by atoms with Crippen LogP contribution in [-0.2, 0) is 4.79 Å². The lowest BCUT2D eigenvalue weighted by Gasteiger charge is -2.15. The minimum Gasteiger partial charge on any atom is -0.376 e. The molecule has 0 saturated carbocycles. The SMILES string of the molecule is CCCNC(=O)c1ccc(NCC(=O)Nc2cccc(C(=O)NC(C)c3ccccc3)c2)cc1. The first-order chi connectivity index (χ1) is 16.5. The molecule has 7 heteroatoms. The molecule has 4 N–H and O–H groups in total. The summed E-state index contributed by atoms with van der Waals surface area (Å²) in [4.78, 5) is 37.0. The number of hydrogen-bond donors (Lipinski definition) is 4. The van der Waals surface area contributed by atoms with Gasteiger partial charge in [0.2, 0.25) is 5.91 Å². The number of benzene rings is 3. The van der Waals surface area contributed by atoms with E-state index in [2.05, 4.69) is 21.3 Å². The second kappa shape index (κ2) is 12.2. The van der Waals surface area contributed by atoms with Gasteiger partial charge in [0, 0.05) is 29.0 Å². The first kappa shape index (κ1) is 24.5. The van der Waals surface area contributed by atoms with Crippen molar-refractivity contribution >= 4 is 29.1 Å². The predicted octanol–water partition coefficient (Wildman–Crippen LogP) is 4.37. The van der Waals surface area contributed by atoms with Crippen molar-refractivity contribution in [1.82, 2.24) is 10.6 Å². The third kappa shape index (κ3) is 7.20. The molecule has 0 radical (unpaired) electrons. The topological polar surface area (TPSA) is 99.3 Å². The van der Waals surface area contributed by atoms with Crippen molar-refractivity contribution in [1.29, 1.82) is 0 Å². The van der Waals surface area contributed by atoms with Gasteiger partial charge in [-0.15, -0.1) is 0 Å². The lowest BCUT2D eigenvalue weighted by Crippen LogP contribution is -2.27. The number of nitrogens with one attached hydrogen (secondary N) is 4. The van der Waals surface area contributed by atoms with Crippen LogP contribution in [0.25, 0.3) is 0 Å². The molecule has 0 aliphatic rings. The van der Waals surface area contributed by atoms with E-state index in [1.165, 1.54) is 0 Å². The van der Waals surface area contributed by atoms with E-state index in [-0.39, 0.29) is 30.3 Å². The monoisotopic (exact) mass is 458 g/mol. The first-order valence-electron chi connectivity index (χ1n) is 11.3. The van der Waals surface area contributed by atoms with Crippen LogP contribution in [0, 0.1) is 0 Å². The van der Waals surface area contributed by atoms with Crippen LogP contribution < -0.4 is 21.3 Å². The third-order valence-corrected chi connectivity index (χ3v) is 5.19. The summed E-state index contributed by atoms with van der Waals surface area (Å²) in [6, 6.07) is 23.3. The summed E-state index contributed by atoms with van der Waals surface area (Å²) in [6.07, 6.45) is 0.876. The Morgan fingerprint density at radius 1 is 0.794 bits per heavy atom. The zero-order chi connectivity index (χ0) is 24.3. The van der Waals surface area contributed by atoms with Crippen LogP contribution in [-0.4, -0.2) is 30.8 Å². The average molecular weight is 459 g/mol. The van der Waals surface area contributed by atoms with E-state index >= 15 is 0 Å². The highest BCUT2D eigenvalue weighted by atomic mass is 16.2. The summed E-state index contributed by atoms with van der Waals surface area (Å²) in [5.74, 6) is -0.582. The van der Waals surface area contributed by atoms with E-state index in [1.54, 1.807) is 48.5 Å². The lowest BCUT2D eigenvalue weighted by molar-refractivity contribution is -0.114. The molecule has 0 fully saturated rings. The van der Waals surface area contributed by atoms with Gasteiger partial charge in [-0.3, -0.25) is 14.4 Å². The third-order valence-electron chi connectivity index (χ3n) is 5.19. The Morgan fingerprint density at radius 2 is 1.53 bits per heavy atom. The van der Waals surface area contributed by atoms with Crippen molar-refractivity contribution < 1.29 is 14.4 Å². The standard InChI is InChI=1S/C27H30N4O3/c1-3-16-28-26(33)21-12-14-23(15-13-21)29-18-25(32)31-24-11-7-10-22(17-24)27(34)30-19(2)20-8-5-4-6-9-20/h4-15,17,19,29H,3,16,18H2,1-2H3,(H,28,33)(H,30,34)(H,31,32). The summed E-state index contributed by atoms with van der Waals surface area (Å²) >= 11 is 0. The highest BCUT2D eigenvalue weighted by molar-refractivity contribution is 5.98. The normalized spacial score (nSPS) is 11.2. The van der Waals surface area contributed by atoms with Gasteiger partial charge in [0.1, 0.15) is 0 Å². The maximum absolute atomic E-state index is 12.6. The summed E-state index contributed by atoms with van der Waals surface area (Å²) in [5, 5.41) is 11.6. The van der Waals surface area contributed by atoms with E-state index in [0.717, 1.165) is 17.7 Å². The maximum atomic E-state index is 12.6. The van der Waals surface area contributed by atoms with Crippen LogP contribution in [0.15, 0.2) is 78.9 Å². The summed E-state index contributed by atoms with van der Waals surface area (Å²) < 4.78 is 0. The quantitative estimate of drug-likeness (QED) is 0.363. The average Bonchev–Trinajstić information content (AvgIpc) is 2.87. The molecule has 0 aliphatic carbocycles. The number of rotatable bonds is 10. The Hall–Kier alpha value is -4.13. The van der Waals surface area contributed by atoms with Crippen LogP contribution >= 0.6 is 0 Å². The molecule has 3 amide bonds. The molecule has 0 aromatic heterocycles. The van der Waals surface area contributed by atoms with Crippen LogP contribution in [0.4, 0.5) is 11.4 Å². The molecule has 0 bridgehead atoms. The Bertz CT molecular complexity index is 1110. The van der Waals surface area contributed by atoms with Gasteiger partial charge in [-0.1, -0.05) is 43.3 Å². The van der Waals surface area contributed by atoms with Crippen LogP contribution in [0.5, 0.6) is 0 Å². The van der Waals surface area contributed by atoms with Crippen molar-refractivity contribution in [3.05, 3.63) is 95.6 Å². The first-order valence-corrected chi connectivity index (χ1v) is 11.3. The maximum Gasteiger partial charge on any atom is 0.251 e. The Kier molecular flexibility index (Phi) is 8.80. The van der Waals surface area contributed by atoms with Crippen LogP contribution in [0.2, 0.25) is 0 Å². The van der Waals surface area contributed by atoms with Crippen molar-refractivity contribution in [2.24, 2.45) is 0 Å². The minimum atomic E-state index is -0.250. The van der Waals surface area contributed by atoms with Crippen molar-refractivity contribution in [3.8, 4) is 0 Å². The minimum absolute atomic E-state index is 0.0445. The highest BCUT2D eigenvalue weighted by Gasteiger charge is 2.12. The molecule has 0 spiro atoms. The van der Waals surface area contributed by atoms with Crippen LogP contribution in [0.1, 0.15) is 52.6 Å². The van der Waals surface area contributed by atoms with E-state index in [4.69, 9.17) is 0 Å². The predicted molar refractivity (Wildman–Crippen MR) is 135 cm³/mol. The van der Waals surface area contributed by atoms with E-state index in [0.29, 0.717) is 23.4 Å². The van der Waals surface area contributed by atoms with Gasteiger partial charge in [-0.2, -0.15) is 0 Å². The summed E-state index contributed by atoms with van der Waals surface area (Å²) in [5.41, 5.74) is 3.31. The fourth-order valence-corrected chi connectivity index (χ4v) is 3.31. The molecule has 3 rings (SSSR count). The van der Waals surface area contributed by atoms with Gasteiger partial charge in [0.15, 0.2) is 0 Å². The van der Waals surface area contributed by atoms with Crippen LogP contribution in [0.3, 0.4) is 0 Å². The van der Waals surface area contributed by atoms with Gasteiger partial charge >= 0.3 is 0 Å². The number of carbonyl (C=O) groups is 3. The molecule has 7 nitrogen and oxygen atoms in total. The van der Waals surface area contributed by atoms with Crippen molar-refractivity contribution in [2.75, 3.05) is 23.7 Å². The molecule has 3 aromatic rings. The Labute approximate surface area is 200 Å². The number of anilines is 2. The molecule has 176 valence electrons. The molecule has 0 aliphatic heterocycles. The van der Waals surface area contributed by atoms with E-state index in [9.17, 15) is 14.4 Å². The smallest absolute Gasteiger partial charge is 0.251 e. The number of hydrogen-bond acceptors (Lipinski definition) is 4. The summed E-state index contributed by atoms with van der Waals surface area (Å²) in [6.45, 7) is 4.60. The fourth-order valence-electron chi connectivity index (χ4n) is 3.31. The van der Waals surface area contributed by atoms with Crippen molar-refractivity contribution in [3.63, 3.8) is 0 Å². The Balaban J connectivity index is 1.51. The highest BCUT2D eigenvalue weighted by Crippen LogP contribution is 2.15. The molecule has 0 heterocycles. The number of amides is 3. The second-order valence-electron chi connectivity index (χ2n) is 7.92. The van der Waals surface area contributed by atoms with Gasteiger partial charge in [-0.25, -0.2) is 0 Å². The van der Waals surface area contributed by atoms with Crippen molar-refractivity contribution in [2.45, 2.75) is 26.3 Å². The van der Waals surface area contributed by atoms with E-state index in [1.807, 2.05) is 44.2 Å². The fraction of sp³-hybridized carbons (Fsp3) is 0.222. The zero-order valence-electron chi connectivity index (χ0n) is 19.4. The second-order valence-corrected chi connectivity index (χ2v) is 7.92. The van der Waals surface area contributed by atoms with E-state index < -0.39 is 0 Å².